The Morgan fingerprint density at radius 3 is 2.46 bits per heavy atom. The Kier molecular flexibility index (Phi) is 2.63. The summed E-state index contributed by atoms with van der Waals surface area (Å²) in [4.78, 5) is 11.1. The fraction of sp³-hybridized carbons (Fsp3) is 0.125. The van der Waals surface area contributed by atoms with E-state index in [0.29, 0.717) is 0 Å². The van der Waals surface area contributed by atoms with Crippen molar-refractivity contribution >= 4 is 17.5 Å². The first-order valence-corrected chi connectivity index (χ1v) is 3.87. The molecule has 3 N–H and O–H groups in total. The van der Waals surface area contributed by atoms with Crippen molar-refractivity contribution < 1.29 is 15.0 Å². The highest BCUT2D eigenvalue weighted by atomic mass is 35.5. The molecule has 5 heteroatoms. The highest BCUT2D eigenvalue weighted by Crippen LogP contribution is 2.30. The Hall–Kier alpha value is -1.42. The first kappa shape index (κ1) is 9.67. The van der Waals surface area contributed by atoms with Crippen molar-refractivity contribution in [2.24, 2.45) is 0 Å². The molecule has 0 heterocycles. The molecule has 4 nitrogen and oxygen atoms in total. The van der Waals surface area contributed by atoms with Gasteiger partial charge in [-0.3, -0.25) is 4.79 Å². The third kappa shape index (κ3) is 1.84. The van der Waals surface area contributed by atoms with Crippen molar-refractivity contribution in [3.63, 3.8) is 0 Å². The lowest BCUT2D eigenvalue weighted by molar-refractivity contribution is 0.0963. The number of hydrogen-bond acceptors (Lipinski definition) is 3. The maximum absolute atomic E-state index is 11.1. The lowest BCUT2D eigenvalue weighted by Gasteiger charge is -2.04. The van der Waals surface area contributed by atoms with Crippen LogP contribution in [0, 0.1) is 0 Å². The zero-order chi connectivity index (χ0) is 10.0. The molecule has 0 fully saturated rings. The molecule has 0 unspecified atom stereocenters. The molecule has 0 aliphatic rings. The van der Waals surface area contributed by atoms with Crippen molar-refractivity contribution in [3.8, 4) is 11.5 Å². The summed E-state index contributed by atoms with van der Waals surface area (Å²) in [6.45, 7) is 0. The van der Waals surface area contributed by atoms with Crippen LogP contribution in [0.15, 0.2) is 12.1 Å². The normalized spacial score (nSPS) is 9.69. The van der Waals surface area contributed by atoms with Crippen LogP contribution in [0.5, 0.6) is 11.5 Å². The number of aromatic hydroxyl groups is 2. The molecular formula is C8H8ClNO3. The average molecular weight is 202 g/mol. The van der Waals surface area contributed by atoms with Crippen LogP contribution in [0.4, 0.5) is 0 Å². The van der Waals surface area contributed by atoms with E-state index in [4.69, 9.17) is 21.8 Å². The molecule has 1 rings (SSSR count). The molecule has 0 atom stereocenters. The van der Waals surface area contributed by atoms with Crippen LogP contribution in [-0.2, 0) is 0 Å². The highest BCUT2D eigenvalue weighted by molar-refractivity contribution is 6.34. The van der Waals surface area contributed by atoms with E-state index in [2.05, 4.69) is 5.32 Å². The molecule has 70 valence electrons. The fourth-order valence-corrected chi connectivity index (χ4v) is 1.10. The molecular weight excluding hydrogens is 194 g/mol. The van der Waals surface area contributed by atoms with Crippen molar-refractivity contribution in [3.05, 3.63) is 22.7 Å². The molecule has 0 aromatic heterocycles. The highest BCUT2D eigenvalue weighted by Gasteiger charge is 2.12. The van der Waals surface area contributed by atoms with Gasteiger partial charge in [-0.05, 0) is 6.07 Å². The molecule has 0 spiro atoms. The van der Waals surface area contributed by atoms with Gasteiger partial charge in [0, 0.05) is 13.1 Å². The minimum atomic E-state index is -0.416. The number of amides is 1. The summed E-state index contributed by atoms with van der Waals surface area (Å²) in [6, 6.07) is 2.22. The van der Waals surface area contributed by atoms with E-state index in [-0.39, 0.29) is 22.1 Å². The second-order valence-corrected chi connectivity index (χ2v) is 2.81. The summed E-state index contributed by atoms with van der Waals surface area (Å²) in [6.07, 6.45) is 0. The minimum Gasteiger partial charge on any atom is -0.504 e. The molecule has 1 amide bonds. The van der Waals surface area contributed by atoms with Gasteiger partial charge in [-0.2, -0.15) is 0 Å². The molecule has 0 saturated heterocycles. The molecule has 0 bridgehead atoms. The Morgan fingerprint density at radius 2 is 1.92 bits per heavy atom. The SMILES string of the molecule is CNC(=O)c1cc(O)c(O)cc1Cl. The van der Waals surface area contributed by atoms with Gasteiger partial charge < -0.3 is 15.5 Å². The van der Waals surface area contributed by atoms with E-state index in [1.165, 1.54) is 7.05 Å². The first-order chi connectivity index (χ1) is 6.06. The van der Waals surface area contributed by atoms with E-state index in [0.717, 1.165) is 12.1 Å². The number of carbonyl (C=O) groups excluding carboxylic acids is 1. The maximum atomic E-state index is 11.1. The van der Waals surface area contributed by atoms with Crippen molar-refractivity contribution in [1.29, 1.82) is 0 Å². The maximum Gasteiger partial charge on any atom is 0.252 e. The lowest BCUT2D eigenvalue weighted by Crippen LogP contribution is -2.18. The molecule has 0 aliphatic carbocycles. The Morgan fingerprint density at radius 1 is 1.38 bits per heavy atom. The van der Waals surface area contributed by atoms with Crippen LogP contribution in [0.1, 0.15) is 10.4 Å². The van der Waals surface area contributed by atoms with Crippen LogP contribution >= 0.6 is 11.6 Å². The van der Waals surface area contributed by atoms with Gasteiger partial charge >= 0.3 is 0 Å². The zero-order valence-corrected chi connectivity index (χ0v) is 7.59. The molecule has 0 radical (unpaired) electrons. The van der Waals surface area contributed by atoms with Crippen LogP contribution in [-0.4, -0.2) is 23.2 Å². The predicted octanol–water partition coefficient (Wildman–Crippen LogP) is 1.11. The van der Waals surface area contributed by atoms with Crippen LogP contribution in [0.3, 0.4) is 0 Å². The summed E-state index contributed by atoms with van der Waals surface area (Å²) < 4.78 is 0. The van der Waals surface area contributed by atoms with Gasteiger partial charge in [0.25, 0.3) is 5.91 Å². The zero-order valence-electron chi connectivity index (χ0n) is 6.84. The third-order valence-corrected chi connectivity index (χ3v) is 1.85. The Labute approximate surface area is 79.8 Å². The van der Waals surface area contributed by atoms with Crippen LogP contribution in [0.2, 0.25) is 5.02 Å². The number of hydrogen-bond donors (Lipinski definition) is 3. The molecule has 13 heavy (non-hydrogen) atoms. The second-order valence-electron chi connectivity index (χ2n) is 2.40. The quantitative estimate of drug-likeness (QED) is 0.597. The van der Waals surface area contributed by atoms with E-state index >= 15 is 0 Å². The number of nitrogens with one attached hydrogen (secondary N) is 1. The van der Waals surface area contributed by atoms with Gasteiger partial charge in [0.2, 0.25) is 0 Å². The second kappa shape index (κ2) is 3.53. The number of benzene rings is 1. The Balaban J connectivity index is 3.23. The van der Waals surface area contributed by atoms with Crippen LogP contribution < -0.4 is 5.32 Å². The number of phenols is 2. The minimum absolute atomic E-state index is 0.0923. The lowest BCUT2D eigenvalue weighted by atomic mass is 10.2. The van der Waals surface area contributed by atoms with Gasteiger partial charge in [0.15, 0.2) is 11.5 Å². The van der Waals surface area contributed by atoms with E-state index < -0.39 is 5.91 Å². The van der Waals surface area contributed by atoms with Crippen molar-refractivity contribution in [1.82, 2.24) is 5.32 Å². The molecule has 1 aromatic rings. The number of carbonyl (C=O) groups is 1. The van der Waals surface area contributed by atoms with Gasteiger partial charge in [-0.25, -0.2) is 0 Å². The molecule has 1 aromatic carbocycles. The summed E-state index contributed by atoms with van der Waals surface area (Å²) in [5.41, 5.74) is 0.125. The van der Waals surface area contributed by atoms with Gasteiger partial charge in [-0.15, -0.1) is 0 Å². The standard InChI is InChI=1S/C8H8ClNO3/c1-10-8(13)4-2-6(11)7(12)3-5(4)9/h2-3,11-12H,1H3,(H,10,13). The first-order valence-electron chi connectivity index (χ1n) is 3.50. The fourth-order valence-electron chi connectivity index (χ4n) is 0.860. The largest absolute Gasteiger partial charge is 0.504 e. The average Bonchev–Trinajstić information content (AvgIpc) is 2.10. The number of rotatable bonds is 1. The molecule has 0 aliphatic heterocycles. The summed E-state index contributed by atoms with van der Waals surface area (Å²) in [5.74, 6) is -1.14. The predicted molar refractivity (Wildman–Crippen MR) is 48.2 cm³/mol. The van der Waals surface area contributed by atoms with E-state index in [9.17, 15) is 4.79 Å². The van der Waals surface area contributed by atoms with Crippen LogP contribution in [0.25, 0.3) is 0 Å². The van der Waals surface area contributed by atoms with E-state index in [1.807, 2.05) is 0 Å². The topological polar surface area (TPSA) is 69.6 Å². The summed E-state index contributed by atoms with van der Waals surface area (Å²) in [7, 11) is 1.45. The number of halogens is 1. The van der Waals surface area contributed by atoms with Gasteiger partial charge in [0.1, 0.15) is 0 Å². The Bertz CT molecular complexity index is 351. The van der Waals surface area contributed by atoms with Crippen molar-refractivity contribution in [2.45, 2.75) is 0 Å². The van der Waals surface area contributed by atoms with Gasteiger partial charge in [0.05, 0.1) is 10.6 Å². The summed E-state index contributed by atoms with van der Waals surface area (Å²) >= 11 is 5.64. The summed E-state index contributed by atoms with van der Waals surface area (Å²) in [5, 5.41) is 20.5. The number of phenolic OH excluding ortho intramolecular Hbond substituents is 2. The monoisotopic (exact) mass is 201 g/mol. The molecule has 0 saturated carbocycles. The van der Waals surface area contributed by atoms with Gasteiger partial charge in [-0.1, -0.05) is 11.6 Å². The third-order valence-electron chi connectivity index (χ3n) is 1.54. The smallest absolute Gasteiger partial charge is 0.252 e. The van der Waals surface area contributed by atoms with Crippen molar-refractivity contribution in [2.75, 3.05) is 7.05 Å². The van der Waals surface area contributed by atoms with E-state index in [1.54, 1.807) is 0 Å².